The van der Waals surface area contributed by atoms with Crippen LogP contribution in [-0.2, 0) is 30.8 Å². The molecule has 1 aliphatic heterocycles. The molecule has 0 radical (unpaired) electrons. The molecule has 3 aromatic carbocycles. The van der Waals surface area contributed by atoms with Crippen molar-refractivity contribution < 1.29 is 27.8 Å². The van der Waals surface area contributed by atoms with Crippen molar-refractivity contribution in [3.8, 4) is 11.6 Å². The highest BCUT2D eigenvalue weighted by atomic mass is 32.3. The van der Waals surface area contributed by atoms with Gasteiger partial charge in [-0.05, 0) is 53.8 Å². The fourth-order valence-electron chi connectivity index (χ4n) is 4.99. The first-order chi connectivity index (χ1) is 20.4. The maximum atomic E-state index is 15.7. The fourth-order valence-corrected chi connectivity index (χ4v) is 6.20. The molecule has 1 aromatic heterocycles. The molecule has 1 amide bonds. The molecule has 10 nitrogen and oxygen atoms in total. The number of amides is 1. The van der Waals surface area contributed by atoms with Crippen LogP contribution in [0, 0.1) is 5.82 Å². The molecular formula is C30H30FN5O5S. The normalized spacial score (nSPS) is 16.4. The first kappa shape index (κ1) is 27.8. The van der Waals surface area contributed by atoms with Crippen LogP contribution in [0.2, 0.25) is 0 Å². The lowest BCUT2D eigenvalue weighted by atomic mass is 9.97. The Bertz CT molecular complexity index is 1590. The molecule has 218 valence electrons. The minimum Gasteiger partial charge on any atom is -0.486 e. The van der Waals surface area contributed by atoms with E-state index in [2.05, 4.69) is 15.0 Å². The Morgan fingerprint density at radius 1 is 0.929 bits per heavy atom. The van der Waals surface area contributed by atoms with Gasteiger partial charge >= 0.3 is 0 Å². The van der Waals surface area contributed by atoms with E-state index in [-0.39, 0.29) is 29.7 Å². The van der Waals surface area contributed by atoms with E-state index in [0.29, 0.717) is 12.5 Å². The Kier molecular flexibility index (Phi) is 7.83. The topological polar surface area (TPSA) is 129 Å². The van der Waals surface area contributed by atoms with Crippen molar-refractivity contribution in [3.05, 3.63) is 101 Å². The van der Waals surface area contributed by atoms with Gasteiger partial charge in [0, 0.05) is 17.3 Å². The largest absolute Gasteiger partial charge is 0.486 e. The second-order valence-electron chi connectivity index (χ2n) is 10.0. The maximum absolute atomic E-state index is 15.7. The van der Waals surface area contributed by atoms with Crippen molar-refractivity contribution in [1.29, 1.82) is 0 Å². The Morgan fingerprint density at radius 2 is 1.60 bits per heavy atom. The van der Waals surface area contributed by atoms with Gasteiger partial charge < -0.3 is 14.8 Å². The SMILES string of the molecule is O=C1CN(c2c(F)cc(Nc3nc4c(c(OCc5ccccc5)n3)CCCC4)cc2OCc2ccccc2)S(O)(O)N1. The van der Waals surface area contributed by atoms with Crippen LogP contribution in [-0.4, -0.2) is 31.5 Å². The van der Waals surface area contributed by atoms with E-state index in [1.54, 1.807) is 0 Å². The Labute approximate surface area is 244 Å². The van der Waals surface area contributed by atoms with Gasteiger partial charge in [-0.1, -0.05) is 60.7 Å². The fraction of sp³-hybridized carbons (Fsp3) is 0.233. The molecule has 0 unspecified atom stereocenters. The van der Waals surface area contributed by atoms with E-state index in [9.17, 15) is 13.9 Å². The third-order valence-corrected chi connectivity index (χ3v) is 8.41. The van der Waals surface area contributed by atoms with Gasteiger partial charge in [0.15, 0.2) is 5.82 Å². The van der Waals surface area contributed by atoms with Gasteiger partial charge in [-0.25, -0.2) is 18.4 Å². The second-order valence-corrected chi connectivity index (χ2v) is 11.7. The van der Waals surface area contributed by atoms with Crippen LogP contribution in [0.15, 0.2) is 72.8 Å². The summed E-state index contributed by atoms with van der Waals surface area (Å²) in [6.07, 6.45) is 3.61. The summed E-state index contributed by atoms with van der Waals surface area (Å²) < 4.78 is 51.8. The third-order valence-electron chi connectivity index (χ3n) is 6.98. The van der Waals surface area contributed by atoms with Crippen molar-refractivity contribution in [2.24, 2.45) is 0 Å². The third kappa shape index (κ3) is 6.10. The molecule has 12 heteroatoms. The van der Waals surface area contributed by atoms with Crippen molar-refractivity contribution >= 4 is 34.2 Å². The monoisotopic (exact) mass is 591 g/mol. The average molecular weight is 592 g/mol. The van der Waals surface area contributed by atoms with Crippen molar-refractivity contribution in [1.82, 2.24) is 14.7 Å². The summed E-state index contributed by atoms with van der Waals surface area (Å²) in [5.41, 5.74) is 3.73. The van der Waals surface area contributed by atoms with Crippen molar-refractivity contribution in [2.45, 2.75) is 38.9 Å². The molecule has 42 heavy (non-hydrogen) atoms. The van der Waals surface area contributed by atoms with Crippen molar-refractivity contribution in [3.63, 3.8) is 0 Å². The molecule has 0 spiro atoms. The second kappa shape index (κ2) is 11.8. The highest BCUT2D eigenvalue weighted by Crippen LogP contribution is 2.50. The van der Waals surface area contributed by atoms with E-state index < -0.39 is 29.2 Å². The molecule has 0 saturated carbocycles. The van der Waals surface area contributed by atoms with E-state index in [0.717, 1.165) is 52.4 Å². The van der Waals surface area contributed by atoms with E-state index in [4.69, 9.17) is 14.5 Å². The first-order valence-corrected chi connectivity index (χ1v) is 15.1. The predicted octanol–water partition coefficient (Wildman–Crippen LogP) is 5.91. The summed E-state index contributed by atoms with van der Waals surface area (Å²) in [6.45, 7) is -0.0126. The highest BCUT2D eigenvalue weighted by Gasteiger charge is 2.38. The van der Waals surface area contributed by atoms with Crippen LogP contribution >= 0.6 is 11.0 Å². The summed E-state index contributed by atoms with van der Waals surface area (Å²) in [5, 5.41) is 3.08. The number of benzene rings is 3. The number of fused-ring (bicyclic) bond motifs is 1. The lowest BCUT2D eigenvalue weighted by molar-refractivity contribution is -0.117. The summed E-state index contributed by atoms with van der Waals surface area (Å²) in [5.74, 6) is -0.730. The first-order valence-electron chi connectivity index (χ1n) is 13.6. The number of aryl methyl sites for hydroxylation is 1. The Hall–Kier alpha value is -4.39. The summed E-state index contributed by atoms with van der Waals surface area (Å²) in [4.78, 5) is 21.3. The number of nitrogens with zero attached hydrogens (tertiary/aromatic N) is 3. The zero-order valence-electron chi connectivity index (χ0n) is 22.6. The standard InChI is InChI=1S/C30H30FN5O5S/c31-24-15-22(16-26(40-18-20-9-3-1-4-10-20)28(24)36-17-27(37)35-42(36,38)39)32-30-33-25-14-8-7-13-23(25)29(34-30)41-19-21-11-5-2-6-12-21/h1-6,9-12,15-16,38-39H,7-8,13-14,17-19H2,(H,35,37)(H,32,33,34). The van der Waals surface area contributed by atoms with Crippen LogP contribution in [0.1, 0.15) is 35.2 Å². The van der Waals surface area contributed by atoms with Crippen LogP contribution in [0.4, 0.5) is 21.7 Å². The number of nitrogens with one attached hydrogen (secondary N) is 2. The molecule has 0 atom stereocenters. The molecule has 2 heterocycles. The van der Waals surface area contributed by atoms with Gasteiger partial charge in [-0.15, -0.1) is 0 Å². The van der Waals surface area contributed by atoms with Gasteiger partial charge in [-0.3, -0.25) is 13.9 Å². The molecule has 1 aliphatic carbocycles. The smallest absolute Gasteiger partial charge is 0.260 e. The summed E-state index contributed by atoms with van der Waals surface area (Å²) in [6, 6.07) is 21.8. The molecule has 6 rings (SSSR count). The Morgan fingerprint density at radius 3 is 2.26 bits per heavy atom. The Balaban J connectivity index is 1.33. The number of hydrogen-bond acceptors (Lipinski definition) is 9. The van der Waals surface area contributed by atoms with Gasteiger partial charge in [0.05, 0.1) is 5.69 Å². The van der Waals surface area contributed by atoms with Crippen LogP contribution in [0.25, 0.3) is 0 Å². The van der Waals surface area contributed by atoms with Crippen LogP contribution < -0.4 is 23.8 Å². The van der Waals surface area contributed by atoms with E-state index in [1.165, 1.54) is 12.1 Å². The molecule has 0 bridgehead atoms. The van der Waals surface area contributed by atoms with Gasteiger partial charge in [0.25, 0.3) is 5.91 Å². The lowest BCUT2D eigenvalue weighted by Crippen LogP contribution is -2.26. The maximum Gasteiger partial charge on any atom is 0.260 e. The van der Waals surface area contributed by atoms with E-state index in [1.807, 2.05) is 60.7 Å². The molecule has 4 N–H and O–H groups in total. The van der Waals surface area contributed by atoms with Gasteiger partial charge in [0.2, 0.25) is 11.8 Å². The number of rotatable bonds is 9. The highest BCUT2D eigenvalue weighted by molar-refractivity contribution is 8.24. The predicted molar refractivity (Wildman–Crippen MR) is 158 cm³/mol. The zero-order chi connectivity index (χ0) is 29.1. The quantitative estimate of drug-likeness (QED) is 0.188. The number of carbonyl (C=O) groups excluding carboxylic acids is 1. The van der Waals surface area contributed by atoms with Gasteiger partial charge in [-0.2, -0.15) is 4.98 Å². The molecule has 2 aliphatic rings. The number of anilines is 3. The minimum absolute atomic E-state index is 0.0105. The van der Waals surface area contributed by atoms with Crippen LogP contribution in [0.3, 0.4) is 0 Å². The number of aromatic nitrogens is 2. The van der Waals surface area contributed by atoms with Crippen molar-refractivity contribution in [2.75, 3.05) is 16.2 Å². The number of hydrogen-bond donors (Lipinski definition) is 4. The van der Waals surface area contributed by atoms with Crippen LogP contribution in [0.5, 0.6) is 11.6 Å². The number of halogens is 1. The summed E-state index contributed by atoms with van der Waals surface area (Å²) >= 11 is 0. The molecule has 1 fully saturated rings. The average Bonchev–Trinajstić information content (AvgIpc) is 3.26. The summed E-state index contributed by atoms with van der Waals surface area (Å²) in [7, 11) is -3.78. The van der Waals surface area contributed by atoms with Gasteiger partial charge in [0.1, 0.15) is 31.2 Å². The van der Waals surface area contributed by atoms with E-state index >= 15 is 4.39 Å². The molecule has 1 saturated heterocycles. The lowest BCUT2D eigenvalue weighted by Gasteiger charge is -2.36. The molecule has 4 aromatic rings. The molecular weight excluding hydrogens is 561 g/mol. The number of ether oxygens (including phenoxy) is 2. The number of carbonyl (C=O) groups is 1. The zero-order valence-corrected chi connectivity index (χ0v) is 23.4. The minimum atomic E-state index is -3.78.